The van der Waals surface area contributed by atoms with Gasteiger partial charge in [0.25, 0.3) is 0 Å². The quantitative estimate of drug-likeness (QED) is 0.664. The van der Waals surface area contributed by atoms with Gasteiger partial charge < -0.3 is 9.25 Å². The Bertz CT molecular complexity index is 280. The number of nitrogens with zero attached hydrogens (tertiary/aromatic N) is 3. The third-order valence-corrected chi connectivity index (χ3v) is 1.28. The van der Waals surface area contributed by atoms with Crippen LogP contribution >= 0.6 is 0 Å². The van der Waals surface area contributed by atoms with Crippen molar-refractivity contribution in [1.29, 1.82) is 0 Å². The van der Waals surface area contributed by atoms with Crippen molar-refractivity contribution in [3.8, 4) is 0 Å². The second-order valence-corrected chi connectivity index (χ2v) is 2.11. The first-order chi connectivity index (χ1) is 5.95. The number of oxazole rings is 1. The van der Waals surface area contributed by atoms with E-state index in [2.05, 4.69) is 10.1 Å². The van der Waals surface area contributed by atoms with Crippen LogP contribution in [-0.4, -0.2) is 14.9 Å². The van der Waals surface area contributed by atoms with E-state index in [9.17, 15) is 0 Å². The minimum Gasteiger partial charge on any atom is -0.445 e. The summed E-state index contributed by atoms with van der Waals surface area (Å²) in [5, 5.41) is 3.84. The van der Waals surface area contributed by atoms with Crippen molar-refractivity contribution in [3.05, 3.63) is 36.8 Å². The topological polar surface area (TPSA) is 53.1 Å². The van der Waals surface area contributed by atoms with E-state index in [1.807, 2.05) is 0 Å². The number of hydrogen-bond donors (Lipinski definition) is 0. The molecule has 0 bridgehead atoms. The van der Waals surface area contributed by atoms with E-state index in [0.717, 1.165) is 0 Å². The first kappa shape index (κ1) is 6.90. The molecule has 0 aliphatic heterocycles. The average Bonchev–Trinajstić information content (AvgIpc) is 2.74. The Morgan fingerprint density at radius 1 is 1.50 bits per heavy atom. The van der Waals surface area contributed by atoms with Crippen LogP contribution in [0, 0.1) is 0 Å². The zero-order valence-corrected chi connectivity index (χ0v) is 6.25. The summed E-state index contributed by atoms with van der Waals surface area (Å²) in [4.78, 5) is 10.4. The van der Waals surface area contributed by atoms with E-state index in [1.54, 1.807) is 24.7 Å². The number of hydrogen-bond acceptors (Lipinski definition) is 4. The maximum atomic E-state index is 5.14. The van der Waals surface area contributed by atoms with Crippen molar-refractivity contribution in [2.24, 2.45) is 0 Å². The Balaban J connectivity index is 1.91. The highest BCUT2D eigenvalue weighted by molar-refractivity contribution is 4.78. The van der Waals surface area contributed by atoms with Crippen molar-refractivity contribution in [2.75, 3.05) is 0 Å². The highest BCUT2D eigenvalue weighted by Gasteiger charge is 1.97. The van der Waals surface area contributed by atoms with Crippen LogP contribution in [0.4, 0.5) is 0 Å². The van der Waals surface area contributed by atoms with Crippen molar-refractivity contribution in [2.45, 2.75) is 6.61 Å². The SMILES string of the molecule is c1cnn(OCc2ncco2)c1. The van der Waals surface area contributed by atoms with Crippen LogP contribution in [0.1, 0.15) is 5.89 Å². The summed E-state index contributed by atoms with van der Waals surface area (Å²) < 4.78 is 4.95. The smallest absolute Gasteiger partial charge is 0.235 e. The van der Waals surface area contributed by atoms with Crippen LogP contribution in [0.15, 0.2) is 35.3 Å². The normalized spacial score (nSPS) is 10.0. The third kappa shape index (κ3) is 1.45. The molecule has 12 heavy (non-hydrogen) atoms. The van der Waals surface area contributed by atoms with E-state index in [-0.39, 0.29) is 6.61 Å². The molecule has 2 heterocycles. The molecule has 5 heteroatoms. The Morgan fingerprint density at radius 2 is 2.50 bits per heavy atom. The molecular formula is C7H7N3O2. The molecule has 0 atom stereocenters. The van der Waals surface area contributed by atoms with Gasteiger partial charge in [-0.3, -0.25) is 0 Å². The largest absolute Gasteiger partial charge is 0.445 e. The van der Waals surface area contributed by atoms with Gasteiger partial charge in [-0.05, 0) is 6.07 Å². The number of aromatic nitrogens is 3. The van der Waals surface area contributed by atoms with E-state index in [0.29, 0.717) is 5.89 Å². The third-order valence-electron chi connectivity index (χ3n) is 1.28. The Hall–Kier alpha value is -1.78. The monoisotopic (exact) mass is 165 g/mol. The summed E-state index contributed by atoms with van der Waals surface area (Å²) >= 11 is 0. The molecule has 0 saturated carbocycles. The highest BCUT2D eigenvalue weighted by atomic mass is 16.7. The molecule has 0 aromatic carbocycles. The second kappa shape index (κ2) is 3.08. The van der Waals surface area contributed by atoms with Gasteiger partial charge in [-0.25, -0.2) is 4.98 Å². The lowest BCUT2D eigenvalue weighted by Crippen LogP contribution is -2.11. The molecule has 2 rings (SSSR count). The van der Waals surface area contributed by atoms with Crippen LogP contribution < -0.4 is 4.84 Å². The standard InChI is InChI=1S/C7H7N3O2/c1-2-9-10(4-1)12-6-7-8-3-5-11-7/h1-5H,6H2. The van der Waals surface area contributed by atoms with E-state index >= 15 is 0 Å². The van der Waals surface area contributed by atoms with Gasteiger partial charge in [0, 0.05) is 0 Å². The molecule has 0 amide bonds. The minimum absolute atomic E-state index is 0.286. The molecule has 0 unspecified atom stereocenters. The maximum absolute atomic E-state index is 5.14. The summed E-state index contributed by atoms with van der Waals surface area (Å²) in [5.74, 6) is 0.533. The molecule has 0 spiro atoms. The lowest BCUT2D eigenvalue weighted by molar-refractivity contribution is 0.0567. The van der Waals surface area contributed by atoms with Gasteiger partial charge in [-0.2, -0.15) is 0 Å². The van der Waals surface area contributed by atoms with Crippen LogP contribution in [0.25, 0.3) is 0 Å². The molecule has 2 aromatic heterocycles. The molecular weight excluding hydrogens is 158 g/mol. The second-order valence-electron chi connectivity index (χ2n) is 2.11. The van der Waals surface area contributed by atoms with Gasteiger partial charge in [-0.15, -0.1) is 9.94 Å². The van der Waals surface area contributed by atoms with Gasteiger partial charge in [0.15, 0.2) is 6.61 Å². The average molecular weight is 165 g/mol. The van der Waals surface area contributed by atoms with Gasteiger partial charge in [-0.1, -0.05) is 0 Å². The predicted molar refractivity (Wildman–Crippen MR) is 39.0 cm³/mol. The predicted octanol–water partition coefficient (Wildman–Crippen LogP) is 0.500. The van der Waals surface area contributed by atoms with Crippen molar-refractivity contribution < 1.29 is 9.25 Å². The van der Waals surface area contributed by atoms with Crippen molar-refractivity contribution >= 4 is 0 Å². The van der Waals surface area contributed by atoms with E-state index in [4.69, 9.17) is 9.25 Å². The molecule has 0 fully saturated rings. The lowest BCUT2D eigenvalue weighted by atomic mass is 10.7. The zero-order valence-electron chi connectivity index (χ0n) is 6.25. The molecule has 0 radical (unpaired) electrons. The fraction of sp³-hybridized carbons (Fsp3) is 0.143. The molecule has 2 aromatic rings. The Morgan fingerprint density at radius 3 is 3.17 bits per heavy atom. The van der Waals surface area contributed by atoms with E-state index < -0.39 is 0 Å². The maximum Gasteiger partial charge on any atom is 0.235 e. The van der Waals surface area contributed by atoms with Crippen LogP contribution in [0.2, 0.25) is 0 Å². The van der Waals surface area contributed by atoms with Gasteiger partial charge in [0.05, 0.1) is 18.6 Å². The lowest BCUT2D eigenvalue weighted by Gasteiger charge is -1.99. The Labute approximate surface area is 68.5 Å². The first-order valence-electron chi connectivity index (χ1n) is 3.46. The molecule has 0 aliphatic carbocycles. The zero-order chi connectivity index (χ0) is 8.23. The van der Waals surface area contributed by atoms with E-state index in [1.165, 1.54) is 11.1 Å². The van der Waals surface area contributed by atoms with Crippen molar-refractivity contribution in [1.82, 2.24) is 14.9 Å². The van der Waals surface area contributed by atoms with Crippen LogP contribution in [-0.2, 0) is 6.61 Å². The van der Waals surface area contributed by atoms with Crippen LogP contribution in [0.3, 0.4) is 0 Å². The Kier molecular flexibility index (Phi) is 1.77. The minimum atomic E-state index is 0.286. The van der Waals surface area contributed by atoms with Crippen LogP contribution in [0.5, 0.6) is 0 Å². The van der Waals surface area contributed by atoms with Gasteiger partial charge in [0.2, 0.25) is 5.89 Å². The summed E-state index contributed by atoms with van der Waals surface area (Å²) in [7, 11) is 0. The fourth-order valence-corrected chi connectivity index (χ4v) is 0.777. The van der Waals surface area contributed by atoms with Crippen molar-refractivity contribution in [3.63, 3.8) is 0 Å². The fourth-order valence-electron chi connectivity index (χ4n) is 0.777. The summed E-state index contributed by atoms with van der Waals surface area (Å²) in [6, 6.07) is 1.77. The molecule has 0 saturated heterocycles. The molecule has 5 nitrogen and oxygen atoms in total. The summed E-state index contributed by atoms with van der Waals surface area (Å²) in [6.07, 6.45) is 6.40. The highest BCUT2D eigenvalue weighted by Crippen LogP contribution is 1.94. The molecule has 62 valence electrons. The summed E-state index contributed by atoms with van der Waals surface area (Å²) in [6.45, 7) is 0.286. The first-order valence-corrected chi connectivity index (χ1v) is 3.46. The van der Waals surface area contributed by atoms with Gasteiger partial charge >= 0.3 is 0 Å². The molecule has 0 aliphatic rings. The van der Waals surface area contributed by atoms with Gasteiger partial charge in [0.1, 0.15) is 6.26 Å². The molecule has 0 N–H and O–H groups in total. The number of rotatable bonds is 3. The summed E-state index contributed by atoms with van der Waals surface area (Å²) in [5.41, 5.74) is 0.